The van der Waals surface area contributed by atoms with Crippen molar-refractivity contribution in [2.24, 2.45) is 0 Å². The van der Waals surface area contributed by atoms with Gasteiger partial charge in [0.15, 0.2) is 0 Å². The standard InChI is InChI=1S/C14H19ClN2O/c1-3-8-16-10-14(18)17-13(4-2)11-6-5-7-12(15)9-11/h3,5-7,9,13,16H,1,4,8,10H2,2H3,(H,17,18). The average Bonchev–Trinajstić information content (AvgIpc) is 2.36. The van der Waals surface area contributed by atoms with Crippen molar-refractivity contribution in [2.75, 3.05) is 13.1 Å². The van der Waals surface area contributed by atoms with Gasteiger partial charge in [0.25, 0.3) is 0 Å². The molecule has 0 fully saturated rings. The molecule has 1 atom stereocenters. The molecule has 0 heterocycles. The number of nitrogens with one attached hydrogen (secondary N) is 2. The molecule has 1 aromatic rings. The maximum atomic E-state index is 11.7. The van der Waals surface area contributed by atoms with Gasteiger partial charge in [0.05, 0.1) is 12.6 Å². The minimum absolute atomic E-state index is 0.00160. The van der Waals surface area contributed by atoms with Crippen LogP contribution in [0, 0.1) is 0 Å². The van der Waals surface area contributed by atoms with Gasteiger partial charge in [0, 0.05) is 11.6 Å². The summed E-state index contributed by atoms with van der Waals surface area (Å²) >= 11 is 5.95. The molecule has 0 aliphatic heterocycles. The van der Waals surface area contributed by atoms with Crippen molar-refractivity contribution in [1.29, 1.82) is 0 Å². The van der Waals surface area contributed by atoms with Gasteiger partial charge in [-0.1, -0.05) is 36.7 Å². The van der Waals surface area contributed by atoms with E-state index in [1.807, 2.05) is 31.2 Å². The lowest BCUT2D eigenvalue weighted by Gasteiger charge is -2.17. The summed E-state index contributed by atoms with van der Waals surface area (Å²) in [6.45, 7) is 6.53. The first-order valence-electron chi connectivity index (χ1n) is 6.03. The number of hydrogen-bond donors (Lipinski definition) is 2. The summed E-state index contributed by atoms with van der Waals surface area (Å²) < 4.78 is 0. The zero-order valence-corrected chi connectivity index (χ0v) is 11.3. The lowest BCUT2D eigenvalue weighted by molar-refractivity contribution is -0.121. The second-order valence-corrected chi connectivity index (χ2v) is 4.44. The number of halogens is 1. The fraction of sp³-hybridized carbons (Fsp3) is 0.357. The molecular formula is C14H19ClN2O. The minimum Gasteiger partial charge on any atom is -0.348 e. The third-order valence-corrected chi connectivity index (χ3v) is 2.80. The second kappa shape index (κ2) is 7.90. The highest BCUT2D eigenvalue weighted by Crippen LogP contribution is 2.20. The number of carbonyl (C=O) groups is 1. The predicted octanol–water partition coefficient (Wildman–Crippen LogP) is 2.68. The van der Waals surface area contributed by atoms with Crippen molar-refractivity contribution < 1.29 is 4.79 Å². The zero-order chi connectivity index (χ0) is 13.4. The number of benzene rings is 1. The van der Waals surface area contributed by atoms with Gasteiger partial charge in [0.2, 0.25) is 5.91 Å². The van der Waals surface area contributed by atoms with Crippen LogP contribution >= 0.6 is 11.6 Å². The maximum absolute atomic E-state index is 11.7. The Bertz CT molecular complexity index is 407. The van der Waals surface area contributed by atoms with E-state index in [4.69, 9.17) is 11.6 Å². The van der Waals surface area contributed by atoms with Crippen molar-refractivity contribution in [1.82, 2.24) is 10.6 Å². The smallest absolute Gasteiger partial charge is 0.234 e. The molecule has 0 aliphatic rings. The van der Waals surface area contributed by atoms with Crippen LogP contribution in [0.3, 0.4) is 0 Å². The van der Waals surface area contributed by atoms with Crippen molar-refractivity contribution >= 4 is 17.5 Å². The van der Waals surface area contributed by atoms with Crippen LogP contribution in [0.15, 0.2) is 36.9 Å². The molecule has 0 saturated heterocycles. The molecule has 4 heteroatoms. The molecular weight excluding hydrogens is 248 g/mol. The van der Waals surface area contributed by atoms with Crippen LogP contribution in [0.2, 0.25) is 5.02 Å². The fourth-order valence-electron chi connectivity index (χ4n) is 1.68. The highest BCUT2D eigenvalue weighted by molar-refractivity contribution is 6.30. The fourth-order valence-corrected chi connectivity index (χ4v) is 1.88. The quantitative estimate of drug-likeness (QED) is 0.589. The first-order chi connectivity index (χ1) is 8.67. The summed E-state index contributed by atoms with van der Waals surface area (Å²) in [6, 6.07) is 7.57. The minimum atomic E-state index is -0.0244. The highest BCUT2D eigenvalue weighted by Gasteiger charge is 2.12. The van der Waals surface area contributed by atoms with E-state index in [2.05, 4.69) is 17.2 Å². The average molecular weight is 267 g/mol. The Morgan fingerprint density at radius 3 is 2.94 bits per heavy atom. The van der Waals surface area contributed by atoms with Crippen molar-refractivity contribution in [3.8, 4) is 0 Å². The molecule has 0 spiro atoms. The monoisotopic (exact) mass is 266 g/mol. The summed E-state index contributed by atoms with van der Waals surface area (Å²) in [6.07, 6.45) is 2.55. The van der Waals surface area contributed by atoms with Crippen LogP contribution < -0.4 is 10.6 Å². The van der Waals surface area contributed by atoms with E-state index >= 15 is 0 Å². The van der Waals surface area contributed by atoms with Crippen LogP contribution in [0.25, 0.3) is 0 Å². The first-order valence-corrected chi connectivity index (χ1v) is 6.41. The Morgan fingerprint density at radius 1 is 1.56 bits per heavy atom. The van der Waals surface area contributed by atoms with Crippen molar-refractivity contribution in [3.63, 3.8) is 0 Å². The second-order valence-electron chi connectivity index (χ2n) is 4.00. The maximum Gasteiger partial charge on any atom is 0.234 e. The molecule has 2 N–H and O–H groups in total. The van der Waals surface area contributed by atoms with Gasteiger partial charge >= 0.3 is 0 Å². The summed E-state index contributed by atoms with van der Waals surface area (Å²) in [4.78, 5) is 11.7. The van der Waals surface area contributed by atoms with E-state index in [1.54, 1.807) is 6.08 Å². The van der Waals surface area contributed by atoms with Gasteiger partial charge in [0.1, 0.15) is 0 Å². The lowest BCUT2D eigenvalue weighted by atomic mass is 10.0. The zero-order valence-electron chi connectivity index (χ0n) is 10.6. The van der Waals surface area contributed by atoms with Crippen molar-refractivity contribution in [3.05, 3.63) is 47.5 Å². The largest absolute Gasteiger partial charge is 0.348 e. The third kappa shape index (κ3) is 4.90. The molecule has 0 aliphatic carbocycles. The van der Waals surface area contributed by atoms with Gasteiger partial charge in [-0.2, -0.15) is 0 Å². The Kier molecular flexibility index (Phi) is 6.47. The lowest BCUT2D eigenvalue weighted by Crippen LogP contribution is -2.36. The Balaban J connectivity index is 2.56. The number of hydrogen-bond acceptors (Lipinski definition) is 2. The van der Waals surface area contributed by atoms with E-state index in [9.17, 15) is 4.79 Å². The molecule has 1 rings (SSSR count). The highest BCUT2D eigenvalue weighted by atomic mass is 35.5. The molecule has 0 radical (unpaired) electrons. The van der Waals surface area contributed by atoms with Gasteiger partial charge in [-0.3, -0.25) is 4.79 Å². The predicted molar refractivity (Wildman–Crippen MR) is 75.7 cm³/mol. The van der Waals surface area contributed by atoms with Crippen LogP contribution in [-0.2, 0) is 4.79 Å². The van der Waals surface area contributed by atoms with E-state index in [1.165, 1.54) is 0 Å². The molecule has 0 aromatic heterocycles. The molecule has 1 aromatic carbocycles. The Morgan fingerprint density at radius 2 is 2.33 bits per heavy atom. The molecule has 1 unspecified atom stereocenters. The Labute approximate surface area is 113 Å². The number of carbonyl (C=O) groups excluding carboxylic acids is 1. The third-order valence-electron chi connectivity index (χ3n) is 2.57. The molecule has 98 valence electrons. The van der Waals surface area contributed by atoms with Crippen molar-refractivity contribution in [2.45, 2.75) is 19.4 Å². The first kappa shape index (κ1) is 14.7. The van der Waals surface area contributed by atoms with E-state index in [-0.39, 0.29) is 11.9 Å². The van der Waals surface area contributed by atoms with Gasteiger partial charge in [-0.15, -0.1) is 6.58 Å². The van der Waals surface area contributed by atoms with E-state index < -0.39 is 0 Å². The van der Waals surface area contributed by atoms with Crippen LogP contribution in [-0.4, -0.2) is 19.0 Å². The Hall–Kier alpha value is -1.32. The van der Waals surface area contributed by atoms with Crippen LogP contribution in [0.1, 0.15) is 24.9 Å². The topological polar surface area (TPSA) is 41.1 Å². The number of amides is 1. The van der Waals surface area contributed by atoms with Gasteiger partial charge in [-0.25, -0.2) is 0 Å². The normalized spacial score (nSPS) is 11.9. The molecule has 3 nitrogen and oxygen atoms in total. The summed E-state index contributed by atoms with van der Waals surface area (Å²) in [5.74, 6) is -0.0244. The van der Waals surface area contributed by atoms with Crippen LogP contribution in [0.5, 0.6) is 0 Å². The van der Waals surface area contributed by atoms with E-state index in [0.717, 1.165) is 12.0 Å². The van der Waals surface area contributed by atoms with E-state index in [0.29, 0.717) is 18.1 Å². The van der Waals surface area contributed by atoms with Gasteiger partial charge < -0.3 is 10.6 Å². The van der Waals surface area contributed by atoms with Gasteiger partial charge in [-0.05, 0) is 24.1 Å². The molecule has 0 bridgehead atoms. The molecule has 1 amide bonds. The number of rotatable bonds is 7. The summed E-state index contributed by atoms with van der Waals surface area (Å²) in [5.41, 5.74) is 1.03. The SMILES string of the molecule is C=CCNCC(=O)NC(CC)c1cccc(Cl)c1. The summed E-state index contributed by atoms with van der Waals surface area (Å²) in [7, 11) is 0. The molecule has 0 saturated carbocycles. The summed E-state index contributed by atoms with van der Waals surface area (Å²) in [5, 5.41) is 6.63. The van der Waals surface area contributed by atoms with Crippen LogP contribution in [0.4, 0.5) is 0 Å². The molecule has 18 heavy (non-hydrogen) atoms.